The average molecular weight is 318 g/mol. The van der Waals surface area contributed by atoms with Crippen LogP contribution in [0.3, 0.4) is 0 Å². The van der Waals surface area contributed by atoms with Crippen molar-refractivity contribution < 1.29 is 46.1 Å². The highest BCUT2D eigenvalue weighted by Crippen LogP contribution is 2.44. The molecule has 0 fully saturated rings. The Labute approximate surface area is 113 Å². The first kappa shape index (κ1) is 17.1. The van der Waals surface area contributed by atoms with Gasteiger partial charge in [-0.15, -0.1) is 0 Å². The van der Waals surface area contributed by atoms with Crippen LogP contribution in [-0.4, -0.2) is 23.3 Å². The van der Waals surface area contributed by atoms with Gasteiger partial charge in [0.2, 0.25) is 0 Å². The molecule has 0 amide bonds. The molecule has 1 aromatic rings. The first-order valence-corrected chi connectivity index (χ1v) is 5.16. The summed E-state index contributed by atoms with van der Waals surface area (Å²) in [5, 5.41) is 17.7. The van der Waals surface area contributed by atoms with E-state index in [9.17, 15) is 36.2 Å². The van der Waals surface area contributed by atoms with Crippen LogP contribution in [0.15, 0.2) is 12.1 Å². The number of halogens is 6. The fraction of sp³-hybridized carbons (Fsp3) is 0.364. The van der Waals surface area contributed by atoms with Crippen LogP contribution < -0.4 is 4.74 Å². The van der Waals surface area contributed by atoms with Crippen molar-refractivity contribution in [1.29, 1.82) is 0 Å². The van der Waals surface area contributed by atoms with Crippen LogP contribution in [0, 0.1) is 0 Å². The molecule has 4 nitrogen and oxygen atoms in total. The van der Waals surface area contributed by atoms with Crippen LogP contribution in [0.1, 0.15) is 22.8 Å². The molecule has 1 aromatic carbocycles. The maximum Gasteiger partial charge on any atom is 0.416 e. The van der Waals surface area contributed by atoms with Gasteiger partial charge in [0.15, 0.2) is 6.10 Å². The minimum absolute atomic E-state index is 0.191. The standard InChI is InChI=1S/C11H8F6O4/c1-21-4-2-5(10(12,13)14)7(8(18)9(19)20)6(3-4)11(15,16)17/h2-3,8,18H,1H3,(H,19,20). The molecule has 118 valence electrons. The lowest BCUT2D eigenvalue weighted by Crippen LogP contribution is -2.23. The number of aliphatic hydroxyl groups excluding tert-OH is 1. The summed E-state index contributed by atoms with van der Waals surface area (Å²) in [6, 6.07) is 0.382. The molecule has 0 saturated heterocycles. The zero-order valence-electron chi connectivity index (χ0n) is 10.2. The third kappa shape index (κ3) is 3.57. The van der Waals surface area contributed by atoms with Crippen LogP contribution >= 0.6 is 0 Å². The summed E-state index contributed by atoms with van der Waals surface area (Å²) in [6.45, 7) is 0. The number of hydrogen-bond acceptors (Lipinski definition) is 3. The van der Waals surface area contributed by atoms with Crippen LogP contribution in [0.4, 0.5) is 26.3 Å². The molecule has 0 heterocycles. The Hall–Kier alpha value is -1.97. The topological polar surface area (TPSA) is 66.8 Å². The highest BCUT2D eigenvalue weighted by atomic mass is 19.4. The van der Waals surface area contributed by atoms with Crippen molar-refractivity contribution >= 4 is 5.97 Å². The van der Waals surface area contributed by atoms with E-state index < -0.39 is 46.9 Å². The Kier molecular flexibility index (Phi) is 4.42. The van der Waals surface area contributed by atoms with Crippen molar-refractivity contribution in [3.8, 4) is 5.75 Å². The Bertz CT molecular complexity index is 514. The summed E-state index contributed by atoms with van der Waals surface area (Å²) >= 11 is 0. The minimum atomic E-state index is -5.31. The number of aliphatic hydroxyl groups is 1. The molecular weight excluding hydrogens is 310 g/mol. The average Bonchev–Trinajstić information content (AvgIpc) is 2.33. The SMILES string of the molecule is COc1cc(C(F)(F)F)c(C(O)C(=O)O)c(C(F)(F)F)c1. The van der Waals surface area contributed by atoms with Crippen LogP contribution in [0.2, 0.25) is 0 Å². The van der Waals surface area contributed by atoms with Gasteiger partial charge in [-0.1, -0.05) is 0 Å². The molecule has 2 N–H and O–H groups in total. The smallest absolute Gasteiger partial charge is 0.416 e. The monoisotopic (exact) mass is 318 g/mol. The summed E-state index contributed by atoms with van der Waals surface area (Å²) in [6.07, 6.45) is -13.6. The van der Waals surface area contributed by atoms with Crippen LogP contribution in [-0.2, 0) is 17.1 Å². The van der Waals surface area contributed by atoms with Gasteiger partial charge in [0.1, 0.15) is 5.75 Å². The molecule has 0 aliphatic rings. The van der Waals surface area contributed by atoms with Gasteiger partial charge in [-0.3, -0.25) is 0 Å². The number of carboxylic acid groups (broad SMARTS) is 1. The van der Waals surface area contributed by atoms with E-state index in [4.69, 9.17) is 5.11 Å². The van der Waals surface area contributed by atoms with Gasteiger partial charge < -0.3 is 14.9 Å². The second-order valence-electron chi connectivity index (χ2n) is 3.87. The second kappa shape index (κ2) is 5.43. The highest BCUT2D eigenvalue weighted by Gasteiger charge is 2.44. The molecule has 0 radical (unpaired) electrons. The fourth-order valence-electron chi connectivity index (χ4n) is 1.63. The maximum absolute atomic E-state index is 12.8. The largest absolute Gasteiger partial charge is 0.497 e. The Balaban J connectivity index is 3.80. The molecule has 21 heavy (non-hydrogen) atoms. The molecule has 0 aromatic heterocycles. The summed E-state index contributed by atoms with van der Waals surface area (Å²) in [7, 11) is 0.850. The Morgan fingerprint density at radius 1 is 1.10 bits per heavy atom. The number of alkyl halides is 6. The molecule has 0 saturated carbocycles. The van der Waals surface area contributed by atoms with Gasteiger partial charge in [0, 0.05) is 5.56 Å². The maximum atomic E-state index is 12.8. The Morgan fingerprint density at radius 3 is 1.71 bits per heavy atom. The van der Waals surface area contributed by atoms with E-state index in [-0.39, 0.29) is 12.1 Å². The number of rotatable bonds is 3. The summed E-state index contributed by atoms with van der Waals surface area (Å²) in [5.41, 5.74) is -5.63. The van der Waals surface area contributed by atoms with Crippen molar-refractivity contribution in [3.05, 3.63) is 28.8 Å². The van der Waals surface area contributed by atoms with Crippen molar-refractivity contribution in [3.63, 3.8) is 0 Å². The molecule has 0 aliphatic heterocycles. The first-order chi connectivity index (χ1) is 9.39. The van der Waals surface area contributed by atoms with Crippen LogP contribution in [0.5, 0.6) is 5.75 Å². The molecule has 0 aliphatic carbocycles. The van der Waals surface area contributed by atoms with Crippen molar-refractivity contribution in [1.82, 2.24) is 0 Å². The molecule has 1 rings (SSSR count). The predicted octanol–water partition coefficient (Wildman–Crippen LogP) is 2.85. The van der Waals surface area contributed by atoms with E-state index in [1.54, 1.807) is 0 Å². The molecule has 10 heteroatoms. The highest BCUT2D eigenvalue weighted by molar-refractivity contribution is 5.76. The second-order valence-corrected chi connectivity index (χ2v) is 3.87. The molecule has 1 atom stereocenters. The van der Waals surface area contributed by atoms with Crippen molar-refractivity contribution in [2.24, 2.45) is 0 Å². The zero-order chi connectivity index (χ0) is 16.6. The first-order valence-electron chi connectivity index (χ1n) is 5.16. The van der Waals surface area contributed by atoms with E-state index in [0.29, 0.717) is 0 Å². The molecule has 0 spiro atoms. The minimum Gasteiger partial charge on any atom is -0.497 e. The summed E-state index contributed by atoms with van der Waals surface area (Å²) < 4.78 is 81.3. The Morgan fingerprint density at radius 2 is 1.48 bits per heavy atom. The lowest BCUT2D eigenvalue weighted by Gasteiger charge is -2.21. The van der Waals surface area contributed by atoms with E-state index in [1.807, 2.05) is 0 Å². The summed E-state index contributed by atoms with van der Waals surface area (Å²) in [5.74, 6) is -3.01. The van der Waals surface area contributed by atoms with Gasteiger partial charge in [0.25, 0.3) is 0 Å². The lowest BCUT2D eigenvalue weighted by molar-refractivity contribution is -0.153. The fourth-order valence-corrected chi connectivity index (χ4v) is 1.63. The number of aliphatic carboxylic acids is 1. The number of hydrogen-bond donors (Lipinski definition) is 2. The molecular formula is C11H8F6O4. The van der Waals surface area contributed by atoms with Crippen molar-refractivity contribution in [2.75, 3.05) is 7.11 Å². The quantitative estimate of drug-likeness (QED) is 0.841. The van der Waals surface area contributed by atoms with Gasteiger partial charge in [-0.05, 0) is 12.1 Å². The number of methoxy groups -OCH3 is 1. The van der Waals surface area contributed by atoms with E-state index >= 15 is 0 Å². The third-order valence-electron chi connectivity index (χ3n) is 2.51. The van der Waals surface area contributed by atoms with Crippen LogP contribution in [0.25, 0.3) is 0 Å². The molecule has 1 unspecified atom stereocenters. The van der Waals surface area contributed by atoms with Gasteiger partial charge in [-0.25, -0.2) is 4.79 Å². The predicted molar refractivity (Wildman–Crippen MR) is 55.6 cm³/mol. The third-order valence-corrected chi connectivity index (χ3v) is 2.51. The summed E-state index contributed by atoms with van der Waals surface area (Å²) in [4.78, 5) is 10.6. The van der Waals surface area contributed by atoms with Crippen molar-refractivity contribution in [2.45, 2.75) is 18.5 Å². The number of benzene rings is 1. The van der Waals surface area contributed by atoms with Gasteiger partial charge in [0.05, 0.1) is 18.2 Å². The van der Waals surface area contributed by atoms with Gasteiger partial charge >= 0.3 is 18.3 Å². The van der Waals surface area contributed by atoms with E-state index in [0.717, 1.165) is 7.11 Å². The lowest BCUT2D eigenvalue weighted by atomic mass is 9.94. The number of carboxylic acids is 1. The van der Waals surface area contributed by atoms with E-state index in [2.05, 4.69) is 4.74 Å². The number of ether oxygens (including phenoxy) is 1. The zero-order valence-corrected chi connectivity index (χ0v) is 10.2. The normalized spacial score (nSPS) is 13.9. The van der Waals surface area contributed by atoms with E-state index in [1.165, 1.54) is 0 Å². The molecule has 0 bridgehead atoms. The van der Waals surface area contributed by atoms with Gasteiger partial charge in [-0.2, -0.15) is 26.3 Å². The number of carbonyl (C=O) groups is 1.